The Morgan fingerprint density at radius 3 is 1.61 bits per heavy atom. The molecule has 0 aliphatic carbocycles. The topological polar surface area (TPSA) is 155 Å². The number of benzene rings is 3. The number of methoxy groups -OCH3 is 2. The summed E-state index contributed by atoms with van der Waals surface area (Å²) >= 11 is 0. The molecular formula is C24H26N6O6. The van der Waals surface area contributed by atoms with E-state index >= 15 is 0 Å². The number of hydrogen-bond acceptors (Lipinski definition) is 11. The Kier molecular flexibility index (Phi) is 9.37. The molecule has 0 aliphatic rings. The summed E-state index contributed by atoms with van der Waals surface area (Å²) in [5, 5.41) is 46.0. The van der Waals surface area contributed by atoms with Gasteiger partial charge in [-0.05, 0) is 36.4 Å². The van der Waals surface area contributed by atoms with Crippen molar-refractivity contribution >= 4 is 34.1 Å². The van der Waals surface area contributed by atoms with Crippen LogP contribution in [0.1, 0.15) is 0 Å². The van der Waals surface area contributed by atoms with E-state index in [1.54, 1.807) is 24.3 Å². The SMILES string of the molecule is COc1cc(/N=N/c2ccc([N+](=O)[O-])cc2)c(OC)cc1/N=N/c1ccc(N(CCO)CCO)cc1. The summed E-state index contributed by atoms with van der Waals surface area (Å²) in [5.41, 5.74) is 2.63. The Morgan fingerprint density at radius 2 is 1.22 bits per heavy atom. The molecule has 0 bridgehead atoms. The molecular weight excluding hydrogens is 468 g/mol. The fraction of sp³-hybridized carbons (Fsp3) is 0.250. The lowest BCUT2D eigenvalue weighted by Gasteiger charge is -2.22. The molecule has 0 atom stereocenters. The molecule has 3 aromatic carbocycles. The van der Waals surface area contributed by atoms with Crippen LogP contribution in [0.2, 0.25) is 0 Å². The van der Waals surface area contributed by atoms with Crippen LogP contribution in [0.5, 0.6) is 11.5 Å². The fourth-order valence-electron chi connectivity index (χ4n) is 3.23. The summed E-state index contributed by atoms with van der Waals surface area (Å²) in [7, 11) is 2.97. The number of nitro groups is 1. The molecule has 0 aliphatic heterocycles. The Hall–Kier alpha value is -4.42. The fourth-order valence-corrected chi connectivity index (χ4v) is 3.23. The van der Waals surface area contributed by atoms with Crippen molar-refractivity contribution in [3.05, 3.63) is 70.8 Å². The number of ether oxygens (including phenoxy) is 2. The maximum Gasteiger partial charge on any atom is 0.269 e. The number of non-ortho nitro benzene ring substituents is 1. The summed E-state index contributed by atoms with van der Waals surface area (Å²) in [6.45, 7) is 0.775. The second kappa shape index (κ2) is 12.9. The summed E-state index contributed by atoms with van der Waals surface area (Å²) in [6.07, 6.45) is 0. The first-order valence-electron chi connectivity index (χ1n) is 10.9. The van der Waals surface area contributed by atoms with Crippen LogP contribution in [-0.2, 0) is 0 Å². The van der Waals surface area contributed by atoms with E-state index < -0.39 is 4.92 Å². The number of nitro benzene ring substituents is 1. The maximum absolute atomic E-state index is 10.8. The van der Waals surface area contributed by atoms with Gasteiger partial charge in [0.1, 0.15) is 22.9 Å². The van der Waals surface area contributed by atoms with Crippen molar-refractivity contribution in [2.75, 3.05) is 45.4 Å². The normalized spacial score (nSPS) is 11.2. The maximum atomic E-state index is 10.8. The molecule has 12 heteroatoms. The Labute approximate surface area is 207 Å². The van der Waals surface area contributed by atoms with Crippen molar-refractivity contribution in [2.24, 2.45) is 20.5 Å². The van der Waals surface area contributed by atoms with Gasteiger partial charge in [-0.15, -0.1) is 10.2 Å². The number of anilines is 1. The van der Waals surface area contributed by atoms with Crippen LogP contribution in [-0.4, -0.2) is 55.7 Å². The highest BCUT2D eigenvalue weighted by molar-refractivity contribution is 5.66. The quantitative estimate of drug-likeness (QED) is 0.198. The van der Waals surface area contributed by atoms with Gasteiger partial charge >= 0.3 is 0 Å². The van der Waals surface area contributed by atoms with Gasteiger partial charge in [-0.3, -0.25) is 10.1 Å². The number of aliphatic hydroxyl groups is 2. The molecule has 0 spiro atoms. The zero-order valence-electron chi connectivity index (χ0n) is 19.8. The zero-order chi connectivity index (χ0) is 25.9. The van der Waals surface area contributed by atoms with Crippen molar-refractivity contribution in [2.45, 2.75) is 0 Å². The van der Waals surface area contributed by atoms with E-state index in [0.717, 1.165) is 5.69 Å². The van der Waals surface area contributed by atoms with Gasteiger partial charge in [-0.25, -0.2) is 0 Å². The second-order valence-electron chi connectivity index (χ2n) is 7.32. The van der Waals surface area contributed by atoms with E-state index in [0.29, 0.717) is 47.3 Å². The van der Waals surface area contributed by atoms with Crippen molar-refractivity contribution in [1.82, 2.24) is 0 Å². The van der Waals surface area contributed by atoms with E-state index in [4.69, 9.17) is 9.47 Å². The number of aliphatic hydroxyl groups excluding tert-OH is 2. The predicted octanol–water partition coefficient (Wildman–Crippen LogP) is 5.23. The lowest BCUT2D eigenvalue weighted by atomic mass is 10.2. The summed E-state index contributed by atoms with van der Waals surface area (Å²) in [4.78, 5) is 12.2. The first-order chi connectivity index (χ1) is 17.5. The molecule has 0 fully saturated rings. The third-order valence-electron chi connectivity index (χ3n) is 5.04. The largest absolute Gasteiger partial charge is 0.494 e. The molecule has 36 heavy (non-hydrogen) atoms. The summed E-state index contributed by atoms with van der Waals surface area (Å²) in [5.74, 6) is 0.778. The zero-order valence-corrected chi connectivity index (χ0v) is 19.8. The summed E-state index contributed by atoms with van der Waals surface area (Å²) < 4.78 is 10.9. The Morgan fingerprint density at radius 1 is 0.778 bits per heavy atom. The number of azo groups is 2. The highest BCUT2D eigenvalue weighted by Gasteiger charge is 2.12. The molecule has 0 unspecified atom stereocenters. The minimum Gasteiger partial charge on any atom is -0.494 e. The van der Waals surface area contributed by atoms with Crippen LogP contribution in [0.25, 0.3) is 0 Å². The molecule has 2 N–H and O–H groups in total. The number of rotatable bonds is 12. The van der Waals surface area contributed by atoms with Crippen molar-refractivity contribution in [3.8, 4) is 11.5 Å². The Balaban J connectivity index is 1.81. The first-order valence-corrected chi connectivity index (χ1v) is 10.9. The third-order valence-corrected chi connectivity index (χ3v) is 5.04. The third kappa shape index (κ3) is 6.81. The van der Waals surface area contributed by atoms with Gasteiger partial charge in [-0.1, -0.05) is 0 Å². The van der Waals surface area contributed by atoms with E-state index in [1.165, 1.54) is 38.5 Å². The molecule has 0 heterocycles. The molecule has 0 saturated carbocycles. The standard InChI is InChI=1S/C24H26N6O6/c1-35-23-16-22(28-26-18-5-9-20(10-6-18)30(33)34)24(36-2)15-21(23)27-25-17-3-7-19(8-4-17)29(11-13-31)12-14-32/h3-10,15-16,31-32H,11-14H2,1-2H3/b27-25+,28-26+. The van der Waals surface area contributed by atoms with E-state index in [1.807, 2.05) is 17.0 Å². The highest BCUT2D eigenvalue weighted by Crippen LogP contribution is 2.41. The lowest BCUT2D eigenvalue weighted by Crippen LogP contribution is -2.29. The molecule has 0 saturated heterocycles. The Bertz CT molecular complexity index is 1210. The number of hydrogen-bond donors (Lipinski definition) is 2. The first kappa shape index (κ1) is 26.2. The van der Waals surface area contributed by atoms with Crippen LogP contribution in [0.3, 0.4) is 0 Å². The number of nitrogens with zero attached hydrogens (tertiary/aromatic N) is 6. The van der Waals surface area contributed by atoms with E-state index in [-0.39, 0.29) is 18.9 Å². The van der Waals surface area contributed by atoms with Gasteiger partial charge in [0.25, 0.3) is 5.69 Å². The minimum atomic E-state index is -0.486. The molecule has 12 nitrogen and oxygen atoms in total. The van der Waals surface area contributed by atoms with Crippen LogP contribution < -0.4 is 14.4 Å². The van der Waals surface area contributed by atoms with E-state index in [2.05, 4.69) is 20.5 Å². The molecule has 3 rings (SSSR count). The predicted molar refractivity (Wildman–Crippen MR) is 134 cm³/mol. The van der Waals surface area contributed by atoms with Crippen molar-refractivity contribution in [3.63, 3.8) is 0 Å². The molecule has 188 valence electrons. The van der Waals surface area contributed by atoms with Crippen LogP contribution in [0, 0.1) is 10.1 Å². The van der Waals surface area contributed by atoms with E-state index in [9.17, 15) is 20.3 Å². The lowest BCUT2D eigenvalue weighted by molar-refractivity contribution is -0.384. The second-order valence-corrected chi connectivity index (χ2v) is 7.32. The molecule has 0 radical (unpaired) electrons. The summed E-state index contributed by atoms with van der Waals surface area (Å²) in [6, 6.07) is 16.1. The monoisotopic (exact) mass is 494 g/mol. The van der Waals surface area contributed by atoms with Crippen molar-refractivity contribution < 1.29 is 24.6 Å². The van der Waals surface area contributed by atoms with Crippen LogP contribution >= 0.6 is 0 Å². The smallest absolute Gasteiger partial charge is 0.269 e. The van der Waals surface area contributed by atoms with Gasteiger partial charge in [0.15, 0.2) is 0 Å². The van der Waals surface area contributed by atoms with Gasteiger partial charge in [0.05, 0.1) is 43.7 Å². The molecule has 0 aromatic heterocycles. The van der Waals surface area contributed by atoms with Crippen LogP contribution in [0.15, 0.2) is 81.1 Å². The van der Waals surface area contributed by atoms with Crippen LogP contribution in [0.4, 0.5) is 34.1 Å². The average Bonchev–Trinajstić information content (AvgIpc) is 2.91. The molecule has 3 aromatic rings. The average molecular weight is 495 g/mol. The van der Waals surface area contributed by atoms with Gasteiger partial charge < -0.3 is 24.6 Å². The van der Waals surface area contributed by atoms with Gasteiger partial charge in [-0.2, -0.15) is 10.2 Å². The minimum absolute atomic E-state index is 0.0213. The van der Waals surface area contributed by atoms with Gasteiger partial charge in [0, 0.05) is 43.0 Å². The van der Waals surface area contributed by atoms with Gasteiger partial charge in [0.2, 0.25) is 0 Å². The van der Waals surface area contributed by atoms with Crippen molar-refractivity contribution in [1.29, 1.82) is 0 Å². The highest BCUT2D eigenvalue weighted by atomic mass is 16.6. The molecule has 0 amide bonds.